The zero-order valence-corrected chi connectivity index (χ0v) is 74.0. The summed E-state index contributed by atoms with van der Waals surface area (Å²) in [6.07, 6.45) is 69.6. The first-order valence-corrected chi connectivity index (χ1v) is 49.2. The Balaban J connectivity index is 5.23. The smallest absolute Gasteiger partial charge is 0.462 e. The molecule has 648 valence electrons. The van der Waals surface area contributed by atoms with Gasteiger partial charge in [0.25, 0.3) is 0 Å². The molecular formula is C90H176O17P2. The third-order valence-electron chi connectivity index (χ3n) is 21.4. The number of unbranched alkanes of at least 4 members (excludes halogenated alkanes) is 52. The lowest BCUT2D eigenvalue weighted by molar-refractivity contribution is -0.161. The molecule has 0 aliphatic rings. The molecule has 0 saturated heterocycles. The van der Waals surface area contributed by atoms with E-state index in [9.17, 15) is 43.2 Å². The minimum Gasteiger partial charge on any atom is -0.462 e. The lowest BCUT2D eigenvalue weighted by Crippen LogP contribution is -2.30. The zero-order valence-electron chi connectivity index (χ0n) is 72.2. The highest BCUT2D eigenvalue weighted by Crippen LogP contribution is 2.45. The minimum atomic E-state index is -4.97. The Morgan fingerprint density at radius 1 is 0.257 bits per heavy atom. The number of esters is 4. The third kappa shape index (κ3) is 82.4. The average molecular weight is 1590 g/mol. The van der Waals surface area contributed by atoms with Crippen molar-refractivity contribution in [1.29, 1.82) is 0 Å². The molecule has 0 heterocycles. The van der Waals surface area contributed by atoms with Gasteiger partial charge in [-0.25, -0.2) is 9.13 Å². The molecule has 17 nitrogen and oxygen atoms in total. The third-order valence-corrected chi connectivity index (χ3v) is 23.3. The van der Waals surface area contributed by atoms with Gasteiger partial charge in [-0.2, -0.15) is 0 Å². The molecule has 0 fully saturated rings. The maximum absolute atomic E-state index is 13.2. The van der Waals surface area contributed by atoms with Crippen LogP contribution in [-0.2, 0) is 65.4 Å². The van der Waals surface area contributed by atoms with Gasteiger partial charge in [0.15, 0.2) is 12.2 Å². The molecule has 3 N–H and O–H groups in total. The number of phosphoric acid groups is 2. The normalized spacial score (nSPS) is 14.1. The minimum absolute atomic E-state index is 0.107. The second-order valence-corrected chi connectivity index (χ2v) is 36.9. The Morgan fingerprint density at radius 3 is 0.651 bits per heavy atom. The highest BCUT2D eigenvalue weighted by molar-refractivity contribution is 7.47. The van der Waals surface area contributed by atoms with Crippen molar-refractivity contribution in [1.82, 2.24) is 0 Å². The fourth-order valence-corrected chi connectivity index (χ4v) is 15.6. The van der Waals surface area contributed by atoms with Crippen molar-refractivity contribution in [3.63, 3.8) is 0 Å². The summed E-state index contributed by atoms with van der Waals surface area (Å²) >= 11 is 0. The van der Waals surface area contributed by atoms with E-state index >= 15 is 0 Å². The lowest BCUT2D eigenvalue weighted by atomic mass is 10.00. The van der Waals surface area contributed by atoms with E-state index < -0.39 is 97.5 Å². The van der Waals surface area contributed by atoms with E-state index in [1.54, 1.807) is 0 Å². The van der Waals surface area contributed by atoms with E-state index in [4.69, 9.17) is 37.0 Å². The maximum Gasteiger partial charge on any atom is 0.472 e. The molecule has 109 heavy (non-hydrogen) atoms. The summed E-state index contributed by atoms with van der Waals surface area (Å²) in [5, 5.41) is 10.7. The van der Waals surface area contributed by atoms with Gasteiger partial charge in [0.1, 0.15) is 19.3 Å². The summed E-state index contributed by atoms with van der Waals surface area (Å²) in [7, 11) is -9.94. The first-order chi connectivity index (χ1) is 52.6. The number of hydrogen-bond acceptors (Lipinski definition) is 15. The van der Waals surface area contributed by atoms with E-state index in [2.05, 4.69) is 55.4 Å². The van der Waals surface area contributed by atoms with Gasteiger partial charge in [-0.1, -0.05) is 421 Å². The van der Waals surface area contributed by atoms with Crippen LogP contribution in [0.1, 0.15) is 473 Å². The fourth-order valence-electron chi connectivity index (χ4n) is 14.0. The van der Waals surface area contributed by atoms with Gasteiger partial charge in [-0.3, -0.25) is 37.3 Å². The molecule has 3 unspecified atom stereocenters. The average Bonchev–Trinajstić information content (AvgIpc) is 0.903. The van der Waals surface area contributed by atoms with E-state index in [-0.39, 0.29) is 25.7 Å². The van der Waals surface area contributed by atoms with Crippen LogP contribution in [0.3, 0.4) is 0 Å². The molecule has 0 amide bonds. The van der Waals surface area contributed by atoms with Gasteiger partial charge < -0.3 is 33.8 Å². The lowest BCUT2D eigenvalue weighted by Gasteiger charge is -2.21. The number of carbonyl (C=O) groups is 4. The van der Waals surface area contributed by atoms with Crippen LogP contribution in [0, 0.1) is 23.7 Å². The van der Waals surface area contributed by atoms with E-state index in [1.165, 1.54) is 270 Å². The van der Waals surface area contributed by atoms with Crippen LogP contribution >= 0.6 is 15.6 Å². The Hall–Kier alpha value is -1.94. The zero-order chi connectivity index (χ0) is 80.2. The van der Waals surface area contributed by atoms with Gasteiger partial charge >= 0.3 is 39.5 Å². The largest absolute Gasteiger partial charge is 0.472 e. The second kappa shape index (κ2) is 78.6. The number of rotatable bonds is 87. The predicted molar refractivity (Wildman–Crippen MR) is 451 cm³/mol. The molecule has 0 spiro atoms. The summed E-state index contributed by atoms with van der Waals surface area (Å²) in [5.74, 6) is 1.07. The Labute approximate surface area is 670 Å². The highest BCUT2D eigenvalue weighted by atomic mass is 31.2. The van der Waals surface area contributed by atoms with Crippen molar-refractivity contribution in [2.24, 2.45) is 23.7 Å². The SMILES string of the molecule is CCC(C)CCCCCCCCC(=O)OC[C@H](COP(=O)(O)OC[C@H](O)COP(=O)(O)OC[C@@H](COC(=O)CCCCCCCCCCCCCCCCCCC(C)C)OC(=O)CCCCCCCCCCCCCCCCCCCCC(C)C)OC(=O)CCCCCCCCCCCCCCCCCCC(C)C. The van der Waals surface area contributed by atoms with Gasteiger partial charge in [0.2, 0.25) is 0 Å². The van der Waals surface area contributed by atoms with Gasteiger partial charge in [-0.05, 0) is 49.4 Å². The summed E-state index contributed by atoms with van der Waals surface area (Å²) in [6.45, 7) is 14.4. The molecule has 0 aliphatic carbocycles. The summed E-state index contributed by atoms with van der Waals surface area (Å²) < 4.78 is 69.0. The molecule has 0 aromatic heterocycles. The quantitative estimate of drug-likeness (QED) is 0.0222. The van der Waals surface area contributed by atoms with Crippen molar-refractivity contribution < 1.29 is 80.2 Å². The van der Waals surface area contributed by atoms with Crippen LogP contribution in [0.15, 0.2) is 0 Å². The number of carbonyl (C=O) groups excluding carboxylic acids is 4. The topological polar surface area (TPSA) is 237 Å². The Bertz CT molecular complexity index is 2110. The standard InChI is InChI=1S/C90H176O17P2/c1-9-83(8)69-61-53-48-49-55-63-71-88(93)101-77-86(107-90(95)73-65-57-47-41-35-29-23-17-15-20-26-32-38-44-52-60-68-82(6)7)79-105-109(98,99)103-75-84(91)74-102-108(96,97)104-78-85(76-100-87(92)70-62-54-45-39-33-27-21-16-14-19-25-31-37-43-51-59-67-81(4)5)106-89(94)72-64-56-46-40-34-28-22-13-11-10-12-18-24-30-36-42-50-58-66-80(2)3/h80-86,91H,9-79H2,1-8H3,(H,96,97)(H,98,99)/t83?,84-,85-,86-/m1/s1. The Kier molecular flexibility index (Phi) is 77.2. The number of aliphatic hydroxyl groups is 1. The Morgan fingerprint density at radius 2 is 0.440 bits per heavy atom. The van der Waals surface area contributed by atoms with E-state index in [1.807, 2.05) is 0 Å². The number of hydrogen-bond donors (Lipinski definition) is 3. The molecule has 0 radical (unpaired) electrons. The van der Waals surface area contributed by atoms with Crippen LogP contribution in [0.4, 0.5) is 0 Å². The van der Waals surface area contributed by atoms with E-state index in [0.717, 1.165) is 120 Å². The van der Waals surface area contributed by atoms with Crippen molar-refractivity contribution in [2.75, 3.05) is 39.6 Å². The highest BCUT2D eigenvalue weighted by Gasteiger charge is 2.31. The molecular weight excluding hydrogens is 1410 g/mol. The number of ether oxygens (including phenoxy) is 4. The molecule has 0 aliphatic heterocycles. The molecule has 6 atom stereocenters. The number of phosphoric ester groups is 2. The van der Waals surface area contributed by atoms with Crippen molar-refractivity contribution in [3.05, 3.63) is 0 Å². The summed E-state index contributed by atoms with van der Waals surface area (Å²) in [6, 6.07) is 0. The van der Waals surface area contributed by atoms with Crippen LogP contribution in [0.2, 0.25) is 0 Å². The molecule has 0 bridgehead atoms. The van der Waals surface area contributed by atoms with Crippen molar-refractivity contribution in [2.45, 2.75) is 491 Å². The summed E-state index contributed by atoms with van der Waals surface area (Å²) in [5.41, 5.74) is 0. The molecule has 0 aromatic carbocycles. The molecule has 0 saturated carbocycles. The predicted octanol–water partition coefficient (Wildman–Crippen LogP) is 27.5. The van der Waals surface area contributed by atoms with Gasteiger partial charge in [-0.15, -0.1) is 0 Å². The molecule has 0 rings (SSSR count). The molecule has 19 heteroatoms. The first kappa shape index (κ1) is 107. The van der Waals surface area contributed by atoms with Gasteiger partial charge in [0, 0.05) is 25.7 Å². The summed E-state index contributed by atoms with van der Waals surface area (Å²) in [4.78, 5) is 73.4. The first-order valence-electron chi connectivity index (χ1n) is 46.2. The monoisotopic (exact) mass is 1590 g/mol. The van der Waals surface area contributed by atoms with E-state index in [0.29, 0.717) is 25.7 Å². The van der Waals surface area contributed by atoms with Crippen LogP contribution in [-0.4, -0.2) is 96.7 Å². The fraction of sp³-hybridized carbons (Fsp3) is 0.956. The second-order valence-electron chi connectivity index (χ2n) is 34.0. The number of aliphatic hydroxyl groups excluding tert-OH is 1. The van der Waals surface area contributed by atoms with Crippen LogP contribution < -0.4 is 0 Å². The van der Waals surface area contributed by atoms with Crippen molar-refractivity contribution in [3.8, 4) is 0 Å². The van der Waals surface area contributed by atoms with Crippen molar-refractivity contribution >= 4 is 39.5 Å². The van der Waals surface area contributed by atoms with Crippen LogP contribution in [0.25, 0.3) is 0 Å². The maximum atomic E-state index is 13.2. The molecule has 0 aromatic rings. The van der Waals surface area contributed by atoms with Gasteiger partial charge in [0.05, 0.1) is 26.4 Å². The van der Waals surface area contributed by atoms with Crippen LogP contribution in [0.5, 0.6) is 0 Å².